The summed E-state index contributed by atoms with van der Waals surface area (Å²) in [5.74, 6) is -0.944. The molecule has 2 rings (SSSR count). The maximum atomic E-state index is 12.0. The SMILES string of the molecule is Cn1cc2nc1C(=O)OCCOCCOCCOCCOCOCC2=O. The number of Topliss-reactive ketones (excluding diaryl/α,β-unsaturated/α-hetero) is 1. The second-order valence-electron chi connectivity index (χ2n) is 5.33. The Morgan fingerprint density at radius 3 is 2.08 bits per heavy atom. The molecule has 10 nitrogen and oxygen atoms in total. The van der Waals surface area contributed by atoms with Crippen molar-refractivity contribution < 1.29 is 38.0 Å². The fourth-order valence-corrected chi connectivity index (χ4v) is 2.03. The highest BCUT2D eigenvalue weighted by atomic mass is 16.7. The topological polar surface area (TPSA) is 107 Å². The number of aryl methyl sites for hydroxylation is 1. The third kappa shape index (κ3) is 7.18. The molecule has 2 bridgehead atoms. The number of fused-ring (bicyclic) bond motifs is 2. The van der Waals surface area contributed by atoms with Crippen LogP contribution in [0, 0.1) is 0 Å². The molecule has 1 aliphatic heterocycles. The molecule has 10 heteroatoms. The van der Waals surface area contributed by atoms with Crippen molar-refractivity contribution in [3.63, 3.8) is 0 Å². The summed E-state index contributed by atoms with van der Waals surface area (Å²) in [6, 6.07) is 0. The van der Waals surface area contributed by atoms with Gasteiger partial charge in [0.25, 0.3) is 0 Å². The quantitative estimate of drug-likeness (QED) is 0.573. The van der Waals surface area contributed by atoms with Crippen LogP contribution in [-0.4, -0.2) is 87.6 Å². The minimum Gasteiger partial charge on any atom is -0.457 e. The fraction of sp³-hybridized carbons (Fsp3) is 0.688. The Kier molecular flexibility index (Phi) is 9.21. The van der Waals surface area contributed by atoms with Crippen molar-refractivity contribution in [1.29, 1.82) is 0 Å². The largest absolute Gasteiger partial charge is 0.457 e. The zero-order valence-corrected chi connectivity index (χ0v) is 14.8. The van der Waals surface area contributed by atoms with Gasteiger partial charge in [-0.2, -0.15) is 0 Å². The molecular weight excluding hydrogens is 348 g/mol. The highest BCUT2D eigenvalue weighted by molar-refractivity contribution is 5.96. The highest BCUT2D eigenvalue weighted by Crippen LogP contribution is 2.05. The van der Waals surface area contributed by atoms with Crippen LogP contribution < -0.4 is 0 Å². The minimum absolute atomic E-state index is 0.0370. The van der Waals surface area contributed by atoms with Crippen LogP contribution in [-0.2, 0) is 35.5 Å². The van der Waals surface area contributed by atoms with Gasteiger partial charge in [0.05, 0.1) is 46.2 Å². The second kappa shape index (κ2) is 11.7. The Hall–Kier alpha value is -1.85. The molecule has 1 aliphatic rings. The van der Waals surface area contributed by atoms with Gasteiger partial charge in [0, 0.05) is 13.2 Å². The number of nitrogens with zero attached hydrogens (tertiary/aromatic N) is 2. The number of hydrogen-bond acceptors (Lipinski definition) is 9. The minimum atomic E-state index is -0.626. The first-order valence-electron chi connectivity index (χ1n) is 8.31. The number of carbonyl (C=O) groups excluding carboxylic acids is 2. The number of ketones is 1. The van der Waals surface area contributed by atoms with Gasteiger partial charge in [-0.05, 0) is 0 Å². The standard InChI is InChI=1S/C16H24N2O8/c1-18-10-13-14(19)11-25-12-24-7-6-22-3-2-21-4-5-23-8-9-26-16(20)15(18)17-13/h10H,2-9,11-12H2,1H3. The van der Waals surface area contributed by atoms with Gasteiger partial charge in [0.1, 0.15) is 25.7 Å². The van der Waals surface area contributed by atoms with Crippen molar-refractivity contribution in [2.45, 2.75) is 0 Å². The van der Waals surface area contributed by atoms with Crippen molar-refractivity contribution in [1.82, 2.24) is 9.55 Å². The number of rotatable bonds is 0. The van der Waals surface area contributed by atoms with Crippen LogP contribution >= 0.6 is 0 Å². The molecule has 0 aliphatic carbocycles. The van der Waals surface area contributed by atoms with Crippen LogP contribution in [0.25, 0.3) is 0 Å². The molecule has 0 radical (unpaired) electrons. The first kappa shape index (κ1) is 20.5. The van der Waals surface area contributed by atoms with E-state index in [1.54, 1.807) is 7.05 Å². The molecule has 2 heterocycles. The number of esters is 1. The van der Waals surface area contributed by atoms with Crippen LogP contribution in [0.2, 0.25) is 0 Å². The Bertz CT molecular complexity index is 575. The third-order valence-corrected chi connectivity index (χ3v) is 3.32. The lowest BCUT2D eigenvalue weighted by atomic mass is 10.3. The van der Waals surface area contributed by atoms with Crippen LogP contribution in [0.5, 0.6) is 0 Å². The normalized spacial score (nSPS) is 20.2. The maximum Gasteiger partial charge on any atom is 0.374 e. The smallest absolute Gasteiger partial charge is 0.374 e. The zero-order valence-electron chi connectivity index (χ0n) is 14.8. The van der Waals surface area contributed by atoms with Gasteiger partial charge in [-0.25, -0.2) is 9.78 Å². The summed E-state index contributed by atoms with van der Waals surface area (Å²) in [4.78, 5) is 28.1. The summed E-state index contributed by atoms with van der Waals surface area (Å²) < 4.78 is 32.8. The van der Waals surface area contributed by atoms with E-state index in [1.165, 1.54) is 10.8 Å². The van der Waals surface area contributed by atoms with Gasteiger partial charge in [0.15, 0.2) is 0 Å². The number of aromatic nitrogens is 2. The summed E-state index contributed by atoms with van der Waals surface area (Å²) in [6.07, 6.45) is 1.46. The molecule has 0 saturated carbocycles. The van der Waals surface area contributed by atoms with Crippen molar-refractivity contribution in [3.8, 4) is 0 Å². The molecule has 0 unspecified atom stereocenters. The molecule has 0 fully saturated rings. The number of ether oxygens (including phenoxy) is 6. The fourth-order valence-electron chi connectivity index (χ4n) is 2.03. The Morgan fingerprint density at radius 1 is 0.846 bits per heavy atom. The molecule has 0 spiro atoms. The van der Waals surface area contributed by atoms with Crippen molar-refractivity contribution >= 4 is 11.8 Å². The molecule has 0 aromatic carbocycles. The molecule has 0 atom stereocenters. The van der Waals surface area contributed by atoms with Crippen LogP contribution in [0.4, 0.5) is 0 Å². The van der Waals surface area contributed by atoms with Crippen molar-refractivity contribution in [2.75, 3.05) is 66.3 Å². The highest BCUT2D eigenvalue weighted by Gasteiger charge is 2.19. The van der Waals surface area contributed by atoms with Gasteiger partial charge >= 0.3 is 5.97 Å². The summed E-state index contributed by atoms with van der Waals surface area (Å²) in [6.45, 7) is 2.54. The average molecular weight is 372 g/mol. The number of hydrogen-bond donors (Lipinski definition) is 0. The molecule has 0 amide bonds. The van der Waals surface area contributed by atoms with Crippen LogP contribution in [0.3, 0.4) is 0 Å². The summed E-state index contributed by atoms with van der Waals surface area (Å²) in [5, 5.41) is 0. The van der Waals surface area contributed by atoms with Gasteiger partial charge in [-0.15, -0.1) is 0 Å². The summed E-state index contributed by atoms with van der Waals surface area (Å²) in [7, 11) is 1.61. The lowest BCUT2D eigenvalue weighted by molar-refractivity contribution is -0.0676. The molecule has 0 N–H and O–H groups in total. The lowest BCUT2D eigenvalue weighted by Gasteiger charge is -2.08. The molecular formula is C16H24N2O8. The van der Waals surface area contributed by atoms with E-state index in [0.717, 1.165) is 0 Å². The Balaban J connectivity index is 1.88. The monoisotopic (exact) mass is 372 g/mol. The Morgan fingerprint density at radius 2 is 1.42 bits per heavy atom. The molecule has 26 heavy (non-hydrogen) atoms. The van der Waals surface area contributed by atoms with E-state index in [1.807, 2.05) is 0 Å². The van der Waals surface area contributed by atoms with Gasteiger partial charge in [0.2, 0.25) is 11.6 Å². The van der Waals surface area contributed by atoms with E-state index >= 15 is 0 Å². The maximum absolute atomic E-state index is 12.0. The van der Waals surface area contributed by atoms with E-state index in [0.29, 0.717) is 39.6 Å². The van der Waals surface area contributed by atoms with E-state index in [4.69, 9.17) is 28.4 Å². The summed E-state index contributed by atoms with van der Waals surface area (Å²) in [5.41, 5.74) is 0.127. The van der Waals surface area contributed by atoms with Gasteiger partial charge in [-0.3, -0.25) is 4.79 Å². The predicted molar refractivity (Wildman–Crippen MR) is 87.0 cm³/mol. The van der Waals surface area contributed by atoms with E-state index < -0.39 is 5.97 Å². The first-order chi connectivity index (χ1) is 12.7. The lowest BCUT2D eigenvalue weighted by Crippen LogP contribution is -2.16. The predicted octanol–water partition coefficient (Wildman–Crippen LogP) is -0.186. The van der Waals surface area contributed by atoms with Crippen molar-refractivity contribution in [3.05, 3.63) is 17.7 Å². The molecule has 146 valence electrons. The van der Waals surface area contributed by atoms with Gasteiger partial charge < -0.3 is 33.0 Å². The Labute approximate surface area is 151 Å². The molecule has 1 aromatic heterocycles. The molecule has 0 saturated heterocycles. The van der Waals surface area contributed by atoms with E-state index in [-0.39, 0.29) is 43.9 Å². The van der Waals surface area contributed by atoms with Crippen molar-refractivity contribution in [2.24, 2.45) is 7.05 Å². The van der Waals surface area contributed by atoms with Crippen LogP contribution in [0.15, 0.2) is 6.20 Å². The molecule has 1 aromatic rings. The number of cyclic esters (lactones) is 1. The van der Waals surface area contributed by atoms with Crippen LogP contribution in [0.1, 0.15) is 21.1 Å². The second-order valence-corrected chi connectivity index (χ2v) is 5.33. The third-order valence-electron chi connectivity index (χ3n) is 3.32. The van der Waals surface area contributed by atoms with E-state index in [9.17, 15) is 9.59 Å². The van der Waals surface area contributed by atoms with Gasteiger partial charge in [-0.1, -0.05) is 0 Å². The first-order valence-corrected chi connectivity index (χ1v) is 8.31. The number of carbonyl (C=O) groups is 2. The average Bonchev–Trinajstić information content (AvgIpc) is 3.02. The zero-order chi connectivity index (χ0) is 18.6. The summed E-state index contributed by atoms with van der Waals surface area (Å²) >= 11 is 0. The number of imidazole rings is 1. The van der Waals surface area contributed by atoms with E-state index in [2.05, 4.69) is 4.98 Å².